The van der Waals surface area contributed by atoms with Crippen LogP contribution >= 0.6 is 21.2 Å². The zero-order valence-electron chi connectivity index (χ0n) is 35.4. The van der Waals surface area contributed by atoms with E-state index in [1.54, 1.807) is 13.1 Å². The van der Waals surface area contributed by atoms with Crippen LogP contribution in [-0.4, -0.2) is 49.2 Å². The van der Waals surface area contributed by atoms with E-state index in [9.17, 15) is 14.5 Å². The highest BCUT2D eigenvalue weighted by molar-refractivity contribution is 7.81. The van der Waals surface area contributed by atoms with Gasteiger partial charge in [0.15, 0.2) is 0 Å². The zero-order valence-corrected chi connectivity index (χ0v) is 37.2. The van der Waals surface area contributed by atoms with Crippen molar-refractivity contribution >= 4 is 21.2 Å². The number of H-pyrrole nitrogens is 1. The highest BCUT2D eigenvalue weighted by atomic mass is 32.1. The molecular formula is C47H57N4O8PS. The van der Waals surface area contributed by atoms with Gasteiger partial charge in [0.2, 0.25) is 0 Å². The minimum absolute atomic E-state index is 0.137. The predicted octanol–water partition coefficient (Wildman–Crippen LogP) is 9.19. The molecule has 0 bridgehead atoms. The second-order valence-electron chi connectivity index (χ2n) is 15.3. The quantitative estimate of drug-likeness (QED) is 0.0417. The Hall–Kier alpha value is -4.77. The SMILES string of the molecule is CC(C)N(C(C)C)P(O)OCCC#N.Cc1cn([C@H]2C[C@H](S)[C@@H](CC(OCc3cc(OCc4ccccc4)cc(OCc4ccccc4)c3)c3ccccc3)O2)c(=O)[nH]c1=O. The van der Waals surface area contributed by atoms with Gasteiger partial charge in [-0.2, -0.15) is 17.9 Å². The number of thiol groups is 1. The van der Waals surface area contributed by atoms with Crippen molar-refractivity contribution in [1.29, 1.82) is 5.26 Å². The Balaban J connectivity index is 0.000000432. The maximum Gasteiger partial charge on any atom is 0.330 e. The number of benzene rings is 4. The average Bonchev–Trinajstić information content (AvgIpc) is 3.62. The molecule has 5 aromatic rings. The lowest BCUT2D eigenvalue weighted by molar-refractivity contribution is -0.0434. The summed E-state index contributed by atoms with van der Waals surface area (Å²) >= 11 is 4.84. The Morgan fingerprint density at radius 3 is 1.97 bits per heavy atom. The molecule has 1 aliphatic heterocycles. The first-order valence-electron chi connectivity index (χ1n) is 20.5. The van der Waals surface area contributed by atoms with Crippen LogP contribution in [0.15, 0.2) is 125 Å². The summed E-state index contributed by atoms with van der Waals surface area (Å²) in [5.41, 5.74) is 3.60. The molecule has 0 aliphatic carbocycles. The van der Waals surface area contributed by atoms with E-state index in [-0.39, 0.29) is 29.5 Å². The van der Waals surface area contributed by atoms with Crippen LogP contribution in [-0.2, 0) is 33.8 Å². The fourth-order valence-electron chi connectivity index (χ4n) is 6.87. The minimum atomic E-state index is -1.55. The van der Waals surface area contributed by atoms with Gasteiger partial charge in [-0.25, -0.2) is 9.46 Å². The van der Waals surface area contributed by atoms with Gasteiger partial charge in [0, 0.05) is 48.0 Å². The molecule has 2 heterocycles. The van der Waals surface area contributed by atoms with Crippen LogP contribution in [0.4, 0.5) is 0 Å². The molecule has 6 rings (SSSR count). The highest BCUT2D eigenvalue weighted by Gasteiger charge is 2.37. The highest BCUT2D eigenvalue weighted by Crippen LogP contribution is 2.40. The van der Waals surface area contributed by atoms with Crippen molar-refractivity contribution in [2.75, 3.05) is 6.61 Å². The second kappa shape index (κ2) is 24.0. The van der Waals surface area contributed by atoms with Crippen molar-refractivity contribution in [2.24, 2.45) is 0 Å². The Morgan fingerprint density at radius 2 is 1.43 bits per heavy atom. The molecule has 0 spiro atoms. The Kier molecular flexibility index (Phi) is 18.6. The molecule has 0 radical (unpaired) electrons. The Bertz CT molecular complexity index is 2170. The van der Waals surface area contributed by atoms with E-state index in [0.717, 1.165) is 22.3 Å². The van der Waals surface area contributed by atoms with Gasteiger partial charge < -0.3 is 28.4 Å². The van der Waals surface area contributed by atoms with E-state index in [4.69, 9.17) is 41.4 Å². The first kappa shape index (κ1) is 47.3. The first-order chi connectivity index (χ1) is 29.4. The summed E-state index contributed by atoms with van der Waals surface area (Å²) in [4.78, 5) is 36.6. The topological polar surface area (TPSA) is 148 Å². The van der Waals surface area contributed by atoms with Crippen molar-refractivity contribution in [1.82, 2.24) is 14.2 Å². The summed E-state index contributed by atoms with van der Waals surface area (Å²) in [6.45, 7) is 11.2. The van der Waals surface area contributed by atoms with Crippen molar-refractivity contribution in [2.45, 2.75) is 109 Å². The fraction of sp³-hybridized carbons (Fsp3) is 0.383. The van der Waals surface area contributed by atoms with Gasteiger partial charge in [-0.1, -0.05) is 91.0 Å². The molecule has 14 heteroatoms. The molecule has 1 fully saturated rings. The predicted molar refractivity (Wildman–Crippen MR) is 241 cm³/mol. The number of hydrogen-bond acceptors (Lipinski definition) is 11. The van der Waals surface area contributed by atoms with E-state index >= 15 is 0 Å². The normalized spacial score (nSPS) is 17.1. The third-order valence-electron chi connectivity index (χ3n) is 9.84. The van der Waals surface area contributed by atoms with Crippen LogP contribution in [0.25, 0.3) is 0 Å². The molecule has 12 nitrogen and oxygen atoms in total. The molecule has 5 atom stereocenters. The molecule has 1 saturated heterocycles. The lowest BCUT2D eigenvalue weighted by Gasteiger charge is -2.32. The molecule has 0 saturated carbocycles. The van der Waals surface area contributed by atoms with Crippen molar-refractivity contribution in [3.05, 3.63) is 164 Å². The molecule has 1 aromatic heterocycles. The number of rotatable bonds is 19. The van der Waals surface area contributed by atoms with Crippen LogP contribution in [0, 0.1) is 18.3 Å². The van der Waals surface area contributed by atoms with Crippen LogP contribution in [0.2, 0.25) is 0 Å². The standard InChI is InChI=1S/C38H38N2O6S.C9H19N2O2P/c1-26-22-40(38(42)39-37(26)41)36-21-35(47)34(46-36)20-33(30-15-9-4-10-16-30)45-25-29-17-31(43-23-27-11-5-2-6-12-27)19-32(18-29)44-24-28-13-7-3-8-14-28;1-8(2)11(9(3)4)14(12)13-7-5-6-10/h2-19,22,33-36,47H,20-21,23-25H2,1H3,(H,39,41,42);8-9,12H,5,7H2,1-4H3/t33?,34-,35+,36-;/m1./s1. The molecule has 1 aliphatic rings. The number of ether oxygens (including phenoxy) is 4. The summed E-state index contributed by atoms with van der Waals surface area (Å²) in [7, 11) is -1.55. The lowest BCUT2D eigenvalue weighted by Crippen LogP contribution is -2.33. The smallest absolute Gasteiger partial charge is 0.330 e. The van der Waals surface area contributed by atoms with Crippen LogP contribution in [0.3, 0.4) is 0 Å². The third-order valence-corrected chi connectivity index (χ3v) is 12.1. The number of nitrogens with one attached hydrogen (secondary N) is 1. The minimum Gasteiger partial charge on any atom is -0.489 e. The molecule has 4 aromatic carbocycles. The molecule has 61 heavy (non-hydrogen) atoms. The molecule has 324 valence electrons. The summed E-state index contributed by atoms with van der Waals surface area (Å²) in [5.74, 6) is 1.38. The summed E-state index contributed by atoms with van der Waals surface area (Å²) in [6.07, 6.45) is 1.76. The molecule has 2 unspecified atom stereocenters. The van der Waals surface area contributed by atoms with Gasteiger partial charge >= 0.3 is 5.69 Å². The third kappa shape index (κ3) is 14.7. The van der Waals surface area contributed by atoms with Crippen LogP contribution < -0.4 is 20.7 Å². The van der Waals surface area contributed by atoms with Crippen molar-refractivity contribution < 1.29 is 28.4 Å². The monoisotopic (exact) mass is 868 g/mol. The van der Waals surface area contributed by atoms with Gasteiger partial charge in [0.25, 0.3) is 14.1 Å². The van der Waals surface area contributed by atoms with Crippen molar-refractivity contribution in [3.8, 4) is 17.6 Å². The van der Waals surface area contributed by atoms with E-state index in [0.29, 0.717) is 62.8 Å². The Labute approximate surface area is 365 Å². The van der Waals surface area contributed by atoms with E-state index in [1.165, 1.54) is 4.57 Å². The first-order valence-corrected chi connectivity index (χ1v) is 22.2. The van der Waals surface area contributed by atoms with E-state index in [2.05, 4.69) is 4.98 Å². The molecular weight excluding hydrogens is 812 g/mol. The number of nitriles is 1. The van der Waals surface area contributed by atoms with Gasteiger partial charge in [0.1, 0.15) is 30.9 Å². The number of aromatic nitrogens is 2. The summed E-state index contributed by atoms with van der Waals surface area (Å²) in [5, 5.41) is 8.18. The maximum atomic E-state index is 12.6. The van der Waals surface area contributed by atoms with Crippen molar-refractivity contribution in [3.63, 3.8) is 0 Å². The summed E-state index contributed by atoms with van der Waals surface area (Å²) in [6, 6.07) is 38.4. The largest absolute Gasteiger partial charge is 0.489 e. The fourth-order valence-corrected chi connectivity index (χ4v) is 8.42. The average molecular weight is 869 g/mol. The maximum absolute atomic E-state index is 12.6. The zero-order chi connectivity index (χ0) is 43.7. The lowest BCUT2D eigenvalue weighted by atomic mass is 10.0. The number of aromatic amines is 1. The van der Waals surface area contributed by atoms with E-state index < -0.39 is 26.0 Å². The number of nitrogens with zero attached hydrogens (tertiary/aromatic N) is 3. The van der Waals surface area contributed by atoms with E-state index in [1.807, 2.05) is 148 Å². The molecule has 0 amide bonds. The molecule has 2 N–H and O–H groups in total. The summed E-state index contributed by atoms with van der Waals surface area (Å²) < 4.78 is 33.9. The number of hydrogen-bond donors (Lipinski definition) is 3. The second-order valence-corrected chi connectivity index (χ2v) is 17.2. The van der Waals surface area contributed by atoms with Gasteiger partial charge in [-0.3, -0.25) is 14.3 Å². The van der Waals surface area contributed by atoms with Crippen LogP contribution in [0.5, 0.6) is 11.5 Å². The Morgan fingerprint density at radius 1 is 0.869 bits per heavy atom. The van der Waals surface area contributed by atoms with Gasteiger partial charge in [-0.15, -0.1) is 0 Å². The van der Waals surface area contributed by atoms with Gasteiger partial charge in [0.05, 0.1) is 37.9 Å². The van der Waals surface area contributed by atoms with Crippen LogP contribution in [0.1, 0.15) is 87.1 Å². The van der Waals surface area contributed by atoms with Gasteiger partial charge in [-0.05, 0) is 69.0 Å². The number of aryl methyl sites for hydroxylation is 1.